The van der Waals surface area contributed by atoms with Crippen molar-refractivity contribution in [1.82, 2.24) is 14.1 Å². The molecule has 0 spiro atoms. The van der Waals surface area contributed by atoms with Gasteiger partial charge in [-0.05, 0) is 55.0 Å². The van der Waals surface area contributed by atoms with Crippen molar-refractivity contribution in [3.8, 4) is 11.5 Å². The summed E-state index contributed by atoms with van der Waals surface area (Å²) < 4.78 is 41.9. The highest BCUT2D eigenvalue weighted by Gasteiger charge is 2.40. The predicted molar refractivity (Wildman–Crippen MR) is 116 cm³/mol. The van der Waals surface area contributed by atoms with Gasteiger partial charge in [0.25, 0.3) is 0 Å². The first kappa shape index (κ1) is 20.9. The van der Waals surface area contributed by atoms with E-state index in [2.05, 4.69) is 5.10 Å². The zero-order valence-corrected chi connectivity index (χ0v) is 19.3. The fourth-order valence-electron chi connectivity index (χ4n) is 4.17. The monoisotopic (exact) mass is 447 g/mol. The highest BCUT2D eigenvalue weighted by atomic mass is 32.2. The first-order valence-corrected chi connectivity index (χ1v) is 11.9. The summed E-state index contributed by atoms with van der Waals surface area (Å²) in [5, 5.41) is 6.30. The molecule has 0 bridgehead atoms. The standard InChI is InChI=1S/C21H25N3O4S2/c1-13-21(14(2)23(3)22-13)30(25,26)24-9-8-15-11-17(27-4)18(28-5)12-16(15)20(24)19-7-6-10-29-19/h6-7,10-12,20H,8-9H2,1-5H3/t20-/m0/s1. The van der Waals surface area contributed by atoms with E-state index in [1.807, 2.05) is 29.6 Å². The summed E-state index contributed by atoms with van der Waals surface area (Å²) in [5.41, 5.74) is 3.13. The number of nitrogens with zero attached hydrogens (tertiary/aromatic N) is 3. The zero-order valence-electron chi connectivity index (χ0n) is 17.7. The lowest BCUT2D eigenvalue weighted by Crippen LogP contribution is -2.40. The number of sulfonamides is 1. The minimum atomic E-state index is -3.77. The molecule has 3 aromatic rings. The summed E-state index contributed by atoms with van der Waals surface area (Å²) in [4.78, 5) is 1.25. The van der Waals surface area contributed by atoms with Crippen LogP contribution in [0.15, 0.2) is 34.5 Å². The van der Waals surface area contributed by atoms with Crippen molar-refractivity contribution in [2.45, 2.75) is 31.2 Å². The van der Waals surface area contributed by atoms with Crippen LogP contribution < -0.4 is 9.47 Å². The molecule has 3 heterocycles. The number of fused-ring (bicyclic) bond motifs is 1. The average molecular weight is 448 g/mol. The maximum Gasteiger partial charge on any atom is 0.247 e. The fraction of sp³-hybridized carbons (Fsp3) is 0.381. The number of hydrogen-bond donors (Lipinski definition) is 0. The molecule has 30 heavy (non-hydrogen) atoms. The van der Waals surface area contributed by atoms with E-state index >= 15 is 0 Å². The van der Waals surface area contributed by atoms with Crippen LogP contribution in [0, 0.1) is 13.8 Å². The van der Waals surface area contributed by atoms with Crippen LogP contribution in [0.25, 0.3) is 0 Å². The molecule has 0 unspecified atom stereocenters. The molecule has 4 rings (SSSR count). The van der Waals surface area contributed by atoms with Gasteiger partial charge in [-0.1, -0.05) is 6.07 Å². The van der Waals surface area contributed by atoms with Gasteiger partial charge in [0, 0.05) is 18.5 Å². The van der Waals surface area contributed by atoms with Crippen molar-refractivity contribution in [2.24, 2.45) is 7.05 Å². The van der Waals surface area contributed by atoms with Gasteiger partial charge in [0.05, 0.1) is 31.6 Å². The number of thiophene rings is 1. The summed E-state index contributed by atoms with van der Waals surface area (Å²) in [7, 11) is 1.19. The van der Waals surface area contributed by atoms with Crippen molar-refractivity contribution in [3.05, 3.63) is 57.0 Å². The predicted octanol–water partition coefficient (Wildman–Crippen LogP) is 3.45. The molecule has 1 atom stereocenters. The first-order chi connectivity index (χ1) is 14.3. The molecule has 2 aromatic heterocycles. The number of methoxy groups -OCH3 is 2. The minimum absolute atomic E-state index is 0.287. The largest absolute Gasteiger partial charge is 0.493 e. The Balaban J connectivity index is 1.92. The van der Waals surface area contributed by atoms with Crippen LogP contribution in [0.3, 0.4) is 0 Å². The summed E-state index contributed by atoms with van der Waals surface area (Å²) in [6.45, 7) is 3.91. The third-order valence-corrected chi connectivity index (χ3v) is 8.69. The topological polar surface area (TPSA) is 73.7 Å². The Bertz CT molecular complexity index is 1180. The van der Waals surface area contributed by atoms with Crippen molar-refractivity contribution in [2.75, 3.05) is 20.8 Å². The molecule has 0 aliphatic carbocycles. The van der Waals surface area contributed by atoms with E-state index in [0.29, 0.717) is 35.9 Å². The molecular formula is C21H25N3O4S2. The van der Waals surface area contributed by atoms with E-state index < -0.39 is 16.1 Å². The molecule has 0 fully saturated rings. The second-order valence-electron chi connectivity index (χ2n) is 7.31. The molecule has 9 heteroatoms. The Labute approximate surface area is 180 Å². The van der Waals surface area contributed by atoms with Crippen molar-refractivity contribution in [3.63, 3.8) is 0 Å². The van der Waals surface area contributed by atoms with Gasteiger partial charge in [0.15, 0.2) is 11.5 Å². The molecule has 0 saturated heterocycles. The van der Waals surface area contributed by atoms with Gasteiger partial charge in [0.1, 0.15) is 4.90 Å². The normalized spacial score (nSPS) is 17.0. The number of benzene rings is 1. The van der Waals surface area contributed by atoms with Crippen LogP contribution in [-0.4, -0.2) is 43.3 Å². The minimum Gasteiger partial charge on any atom is -0.493 e. The molecule has 0 radical (unpaired) electrons. The molecule has 1 aromatic carbocycles. The van der Waals surface area contributed by atoms with Gasteiger partial charge >= 0.3 is 0 Å². The SMILES string of the molecule is COc1cc2c(cc1OC)[C@@H](c1cccs1)N(S(=O)(=O)c1c(C)nn(C)c1C)CC2. The molecule has 0 amide bonds. The maximum atomic E-state index is 13.9. The van der Waals surface area contributed by atoms with Crippen molar-refractivity contribution >= 4 is 21.4 Å². The van der Waals surface area contributed by atoms with Gasteiger partial charge in [-0.25, -0.2) is 8.42 Å². The van der Waals surface area contributed by atoms with E-state index in [-0.39, 0.29) is 4.90 Å². The molecular weight excluding hydrogens is 422 g/mol. The molecule has 1 aliphatic rings. The lowest BCUT2D eigenvalue weighted by atomic mass is 9.92. The smallest absolute Gasteiger partial charge is 0.247 e. The van der Waals surface area contributed by atoms with Gasteiger partial charge in [-0.15, -0.1) is 11.3 Å². The fourth-order valence-corrected chi connectivity index (χ4v) is 7.08. The number of aryl methyl sites for hydroxylation is 2. The Kier molecular flexibility index (Phi) is 5.37. The Morgan fingerprint density at radius 3 is 2.43 bits per heavy atom. The highest BCUT2D eigenvalue weighted by Crippen LogP contribution is 2.44. The average Bonchev–Trinajstić information content (AvgIpc) is 3.34. The highest BCUT2D eigenvalue weighted by molar-refractivity contribution is 7.89. The van der Waals surface area contributed by atoms with Crippen LogP contribution in [0.4, 0.5) is 0 Å². The van der Waals surface area contributed by atoms with Crippen LogP contribution in [-0.2, 0) is 23.5 Å². The Morgan fingerprint density at radius 1 is 1.17 bits per heavy atom. The van der Waals surface area contributed by atoms with E-state index in [1.165, 1.54) is 0 Å². The number of hydrogen-bond acceptors (Lipinski definition) is 6. The summed E-state index contributed by atoms with van der Waals surface area (Å²) in [5.74, 6) is 1.24. The third kappa shape index (κ3) is 3.21. The lowest BCUT2D eigenvalue weighted by molar-refractivity contribution is 0.334. The quantitative estimate of drug-likeness (QED) is 0.599. The summed E-state index contributed by atoms with van der Waals surface area (Å²) >= 11 is 1.55. The van der Waals surface area contributed by atoms with Crippen LogP contribution in [0.5, 0.6) is 11.5 Å². The van der Waals surface area contributed by atoms with E-state index in [4.69, 9.17) is 9.47 Å². The number of aromatic nitrogens is 2. The van der Waals surface area contributed by atoms with E-state index in [1.54, 1.807) is 55.4 Å². The summed E-state index contributed by atoms with van der Waals surface area (Å²) in [6, 6.07) is 7.35. The zero-order chi connectivity index (χ0) is 21.6. The van der Waals surface area contributed by atoms with E-state index in [0.717, 1.165) is 16.0 Å². The number of rotatable bonds is 5. The Hall–Kier alpha value is -2.36. The van der Waals surface area contributed by atoms with Crippen molar-refractivity contribution < 1.29 is 17.9 Å². The van der Waals surface area contributed by atoms with Crippen LogP contribution in [0.2, 0.25) is 0 Å². The molecule has 0 saturated carbocycles. The maximum absolute atomic E-state index is 13.9. The molecule has 160 valence electrons. The second-order valence-corrected chi connectivity index (χ2v) is 10.1. The molecule has 0 N–H and O–H groups in total. The van der Waals surface area contributed by atoms with E-state index in [9.17, 15) is 8.42 Å². The molecule has 7 nitrogen and oxygen atoms in total. The van der Waals surface area contributed by atoms with Crippen molar-refractivity contribution in [1.29, 1.82) is 0 Å². The van der Waals surface area contributed by atoms with Gasteiger partial charge in [0.2, 0.25) is 10.0 Å². The van der Waals surface area contributed by atoms with Crippen LogP contribution in [0.1, 0.15) is 33.4 Å². The first-order valence-electron chi connectivity index (χ1n) is 9.59. The molecule has 1 aliphatic heterocycles. The Morgan fingerprint density at radius 2 is 1.87 bits per heavy atom. The van der Waals surface area contributed by atoms with Gasteiger partial charge < -0.3 is 9.47 Å². The number of ether oxygens (including phenoxy) is 2. The second kappa shape index (κ2) is 7.72. The third-order valence-electron chi connectivity index (χ3n) is 5.65. The lowest BCUT2D eigenvalue weighted by Gasteiger charge is -2.36. The van der Waals surface area contributed by atoms with Gasteiger partial charge in [-0.2, -0.15) is 9.40 Å². The van der Waals surface area contributed by atoms with Crippen LogP contribution >= 0.6 is 11.3 Å². The summed E-state index contributed by atoms with van der Waals surface area (Å²) in [6.07, 6.45) is 0.592. The van der Waals surface area contributed by atoms with Gasteiger partial charge in [-0.3, -0.25) is 4.68 Å².